The molecule has 16 heavy (non-hydrogen) atoms. The Bertz CT molecular complexity index is 385. The lowest BCUT2D eigenvalue weighted by atomic mass is 9.93. The Hall–Kier alpha value is -1.65. The predicted molar refractivity (Wildman–Crippen MR) is 54.0 cm³/mol. The van der Waals surface area contributed by atoms with E-state index in [1.807, 2.05) is 0 Å². The van der Waals surface area contributed by atoms with Gasteiger partial charge in [-0.1, -0.05) is 12.1 Å². The summed E-state index contributed by atoms with van der Waals surface area (Å²) >= 11 is 0. The third-order valence-electron chi connectivity index (χ3n) is 2.18. The molecule has 1 unspecified atom stereocenters. The van der Waals surface area contributed by atoms with Crippen LogP contribution in [0.4, 0.5) is 8.78 Å². The first kappa shape index (κ1) is 12.4. The van der Waals surface area contributed by atoms with Gasteiger partial charge in [-0.3, -0.25) is 4.79 Å². The second-order valence-electron chi connectivity index (χ2n) is 3.50. The Labute approximate surface area is 91.7 Å². The fraction of sp³-hybridized carbons (Fsp3) is 0.364. The molecule has 3 nitrogen and oxygen atoms in total. The van der Waals surface area contributed by atoms with Gasteiger partial charge in [-0.25, -0.2) is 8.78 Å². The van der Waals surface area contributed by atoms with Gasteiger partial charge < -0.3 is 9.84 Å². The molecule has 1 atom stereocenters. The van der Waals surface area contributed by atoms with E-state index in [0.29, 0.717) is 12.7 Å². The van der Waals surface area contributed by atoms with Crippen LogP contribution in [0.3, 0.4) is 0 Å². The lowest BCUT2D eigenvalue weighted by Crippen LogP contribution is -2.29. The number of aliphatic carboxylic acids is 1. The molecule has 1 aromatic rings. The van der Waals surface area contributed by atoms with Crippen molar-refractivity contribution in [2.75, 3.05) is 7.11 Å². The van der Waals surface area contributed by atoms with Crippen molar-refractivity contribution in [1.82, 2.24) is 0 Å². The van der Waals surface area contributed by atoms with Crippen molar-refractivity contribution in [2.24, 2.45) is 0 Å². The summed E-state index contributed by atoms with van der Waals surface area (Å²) < 4.78 is 31.1. The highest BCUT2D eigenvalue weighted by atomic mass is 19.3. The molecule has 1 aromatic carbocycles. The Morgan fingerprint density at radius 1 is 1.50 bits per heavy atom. The lowest BCUT2D eigenvalue weighted by Gasteiger charge is -2.20. The van der Waals surface area contributed by atoms with Crippen LogP contribution >= 0.6 is 0 Å². The van der Waals surface area contributed by atoms with Gasteiger partial charge in [0.15, 0.2) is 0 Å². The number of hydrogen-bond donors (Lipinski definition) is 1. The number of carboxylic acid groups (broad SMARTS) is 1. The summed E-state index contributed by atoms with van der Waals surface area (Å²) in [5, 5.41) is 8.81. The van der Waals surface area contributed by atoms with Gasteiger partial charge in [0.2, 0.25) is 0 Å². The molecule has 88 valence electrons. The molecular weight excluding hydrogens is 218 g/mol. The molecule has 0 aliphatic carbocycles. The first-order valence-electron chi connectivity index (χ1n) is 4.61. The molecule has 0 aliphatic rings. The SMILES string of the molecule is COc1cccc(C(C(=O)O)C(C)(F)F)c1. The monoisotopic (exact) mass is 230 g/mol. The summed E-state index contributed by atoms with van der Waals surface area (Å²) in [6.45, 7) is 0.589. The van der Waals surface area contributed by atoms with E-state index in [1.54, 1.807) is 6.07 Å². The number of alkyl halides is 2. The van der Waals surface area contributed by atoms with Crippen molar-refractivity contribution < 1.29 is 23.4 Å². The van der Waals surface area contributed by atoms with Crippen LogP contribution in [-0.4, -0.2) is 24.1 Å². The molecule has 0 bridgehead atoms. The largest absolute Gasteiger partial charge is 0.497 e. The molecule has 0 saturated carbocycles. The van der Waals surface area contributed by atoms with E-state index in [9.17, 15) is 13.6 Å². The van der Waals surface area contributed by atoms with Gasteiger partial charge >= 0.3 is 5.97 Å². The summed E-state index contributed by atoms with van der Waals surface area (Å²) in [6, 6.07) is 5.70. The first-order chi connectivity index (χ1) is 7.36. The highest BCUT2D eigenvalue weighted by molar-refractivity contribution is 5.77. The molecule has 0 saturated heterocycles. The van der Waals surface area contributed by atoms with Gasteiger partial charge in [0.05, 0.1) is 7.11 Å². The van der Waals surface area contributed by atoms with Gasteiger partial charge in [-0.2, -0.15) is 0 Å². The predicted octanol–water partition coefficient (Wildman–Crippen LogP) is 2.52. The molecule has 0 fully saturated rings. The van der Waals surface area contributed by atoms with Gasteiger partial charge in [0, 0.05) is 6.92 Å². The molecule has 0 aromatic heterocycles. The number of carboxylic acids is 1. The van der Waals surface area contributed by atoms with E-state index < -0.39 is 17.8 Å². The quantitative estimate of drug-likeness (QED) is 0.864. The summed E-state index contributed by atoms with van der Waals surface area (Å²) in [7, 11) is 1.39. The molecule has 5 heteroatoms. The van der Waals surface area contributed by atoms with Crippen molar-refractivity contribution in [2.45, 2.75) is 18.8 Å². The van der Waals surface area contributed by atoms with Crippen LogP contribution in [0.5, 0.6) is 5.75 Å². The topological polar surface area (TPSA) is 46.5 Å². The highest BCUT2D eigenvalue weighted by Crippen LogP contribution is 2.34. The molecule has 1 N–H and O–H groups in total. The average Bonchev–Trinajstić information content (AvgIpc) is 2.15. The van der Waals surface area contributed by atoms with E-state index >= 15 is 0 Å². The minimum absolute atomic E-state index is 0.0272. The maximum Gasteiger partial charge on any atom is 0.317 e. The van der Waals surface area contributed by atoms with Gasteiger partial charge in [0.25, 0.3) is 5.92 Å². The molecule has 0 heterocycles. The second kappa shape index (κ2) is 4.47. The van der Waals surface area contributed by atoms with Crippen LogP contribution < -0.4 is 4.74 Å². The number of hydrogen-bond acceptors (Lipinski definition) is 2. The minimum Gasteiger partial charge on any atom is -0.497 e. The minimum atomic E-state index is -3.32. The smallest absolute Gasteiger partial charge is 0.317 e. The van der Waals surface area contributed by atoms with Crippen molar-refractivity contribution in [3.63, 3.8) is 0 Å². The lowest BCUT2D eigenvalue weighted by molar-refractivity contribution is -0.147. The van der Waals surface area contributed by atoms with E-state index in [4.69, 9.17) is 9.84 Å². The fourth-order valence-electron chi connectivity index (χ4n) is 1.47. The zero-order chi connectivity index (χ0) is 12.3. The number of rotatable bonds is 4. The number of carbonyl (C=O) groups is 1. The second-order valence-corrected chi connectivity index (χ2v) is 3.50. The molecule has 0 amide bonds. The standard InChI is InChI=1S/C11H12F2O3/c1-11(12,13)9(10(14)15)7-4-3-5-8(6-7)16-2/h3-6,9H,1-2H3,(H,14,15). The Kier molecular flexibility index (Phi) is 3.47. The number of methoxy groups -OCH3 is 1. The maximum atomic E-state index is 13.1. The zero-order valence-electron chi connectivity index (χ0n) is 8.91. The molecule has 0 radical (unpaired) electrons. The van der Waals surface area contributed by atoms with Gasteiger partial charge in [-0.05, 0) is 17.7 Å². The summed E-state index contributed by atoms with van der Waals surface area (Å²) in [5.41, 5.74) is 0.0272. The van der Waals surface area contributed by atoms with Crippen molar-refractivity contribution >= 4 is 5.97 Å². The summed E-state index contributed by atoms with van der Waals surface area (Å²) in [5.74, 6) is -6.38. The van der Waals surface area contributed by atoms with Gasteiger partial charge in [-0.15, -0.1) is 0 Å². The Morgan fingerprint density at radius 3 is 2.56 bits per heavy atom. The van der Waals surface area contributed by atoms with E-state index in [2.05, 4.69) is 0 Å². The Morgan fingerprint density at radius 2 is 2.12 bits per heavy atom. The normalized spacial score (nSPS) is 13.2. The third kappa shape index (κ3) is 2.68. The Balaban J connectivity index is 3.16. The molecule has 0 aliphatic heterocycles. The van der Waals surface area contributed by atoms with E-state index in [1.165, 1.54) is 25.3 Å². The third-order valence-corrected chi connectivity index (χ3v) is 2.18. The molecule has 1 rings (SSSR count). The zero-order valence-corrected chi connectivity index (χ0v) is 8.91. The number of benzene rings is 1. The summed E-state index contributed by atoms with van der Waals surface area (Å²) in [4.78, 5) is 10.8. The average molecular weight is 230 g/mol. The van der Waals surface area contributed by atoms with Crippen LogP contribution in [-0.2, 0) is 4.79 Å². The van der Waals surface area contributed by atoms with Crippen molar-refractivity contribution in [3.8, 4) is 5.75 Å². The van der Waals surface area contributed by atoms with Gasteiger partial charge in [0.1, 0.15) is 11.7 Å². The van der Waals surface area contributed by atoms with E-state index in [0.717, 1.165) is 0 Å². The van der Waals surface area contributed by atoms with Crippen LogP contribution in [0.2, 0.25) is 0 Å². The van der Waals surface area contributed by atoms with Crippen LogP contribution in [0.25, 0.3) is 0 Å². The number of halogens is 2. The number of ether oxygens (including phenoxy) is 1. The van der Waals surface area contributed by atoms with Crippen molar-refractivity contribution in [3.05, 3.63) is 29.8 Å². The van der Waals surface area contributed by atoms with Crippen LogP contribution in [0.15, 0.2) is 24.3 Å². The highest BCUT2D eigenvalue weighted by Gasteiger charge is 2.41. The van der Waals surface area contributed by atoms with Crippen LogP contribution in [0.1, 0.15) is 18.4 Å². The van der Waals surface area contributed by atoms with E-state index in [-0.39, 0.29) is 5.56 Å². The fourth-order valence-corrected chi connectivity index (χ4v) is 1.47. The first-order valence-corrected chi connectivity index (χ1v) is 4.61. The van der Waals surface area contributed by atoms with Crippen molar-refractivity contribution in [1.29, 1.82) is 0 Å². The van der Waals surface area contributed by atoms with Crippen LogP contribution in [0, 0.1) is 0 Å². The molecular formula is C11H12F2O3. The molecule has 0 spiro atoms. The maximum absolute atomic E-state index is 13.1. The summed E-state index contributed by atoms with van der Waals surface area (Å²) in [6.07, 6.45) is 0.